The fourth-order valence-electron chi connectivity index (χ4n) is 0.803. The van der Waals surface area contributed by atoms with Crippen LogP contribution in [0, 0.1) is 0 Å². The van der Waals surface area contributed by atoms with E-state index in [1.165, 1.54) is 0 Å². The van der Waals surface area contributed by atoms with Gasteiger partial charge in [-0.15, -0.1) is 0 Å². The first-order valence-electron chi connectivity index (χ1n) is 4.74. The molecule has 0 spiro atoms. The normalized spacial score (nSPS) is 11.3. The molecule has 7 heteroatoms. The van der Waals surface area contributed by atoms with E-state index in [9.17, 15) is 13.2 Å². The molecular formula is C8H18N2O4S. The Balaban J connectivity index is 3.55. The monoisotopic (exact) mass is 238 g/mol. The highest BCUT2D eigenvalue weighted by molar-refractivity contribution is 7.89. The minimum atomic E-state index is -3.20. The highest BCUT2D eigenvalue weighted by Gasteiger charge is 2.06. The zero-order valence-corrected chi connectivity index (χ0v) is 9.89. The van der Waals surface area contributed by atoms with Crippen LogP contribution in [0.3, 0.4) is 0 Å². The van der Waals surface area contributed by atoms with Crippen molar-refractivity contribution in [1.29, 1.82) is 0 Å². The minimum absolute atomic E-state index is 0.0261. The van der Waals surface area contributed by atoms with E-state index >= 15 is 0 Å². The molecule has 0 fully saturated rings. The fraction of sp³-hybridized carbons (Fsp3) is 0.875. The number of ether oxygens (including phenoxy) is 1. The van der Waals surface area contributed by atoms with Crippen molar-refractivity contribution in [3.05, 3.63) is 0 Å². The number of methoxy groups -OCH3 is 1. The zero-order chi connectivity index (χ0) is 11.7. The second kappa shape index (κ2) is 7.61. The van der Waals surface area contributed by atoms with Crippen molar-refractivity contribution in [3.8, 4) is 0 Å². The molecule has 0 saturated carbocycles. The quantitative estimate of drug-likeness (QED) is 0.536. The first kappa shape index (κ1) is 14.3. The van der Waals surface area contributed by atoms with Crippen LogP contribution < -0.4 is 10.0 Å². The van der Waals surface area contributed by atoms with Crippen molar-refractivity contribution in [2.75, 3.05) is 32.6 Å². The molecule has 0 aliphatic heterocycles. The summed E-state index contributed by atoms with van der Waals surface area (Å²) in [5.41, 5.74) is 0. The van der Waals surface area contributed by atoms with E-state index in [-0.39, 0.29) is 24.6 Å². The predicted octanol–water partition coefficient (Wildman–Crippen LogP) is -0.922. The highest BCUT2D eigenvalue weighted by atomic mass is 32.2. The van der Waals surface area contributed by atoms with E-state index in [0.29, 0.717) is 13.2 Å². The van der Waals surface area contributed by atoms with Gasteiger partial charge in [-0.25, -0.2) is 13.1 Å². The second-order valence-electron chi connectivity index (χ2n) is 2.89. The van der Waals surface area contributed by atoms with Gasteiger partial charge in [0.25, 0.3) is 0 Å². The number of carbonyl (C=O) groups excluding carboxylic acids is 1. The van der Waals surface area contributed by atoms with Gasteiger partial charge in [0.05, 0.1) is 12.4 Å². The molecule has 0 saturated heterocycles. The van der Waals surface area contributed by atoms with Gasteiger partial charge < -0.3 is 10.1 Å². The Morgan fingerprint density at radius 3 is 2.53 bits per heavy atom. The van der Waals surface area contributed by atoms with Crippen molar-refractivity contribution in [1.82, 2.24) is 10.0 Å². The summed E-state index contributed by atoms with van der Waals surface area (Å²) >= 11 is 0. The van der Waals surface area contributed by atoms with Gasteiger partial charge in [0.2, 0.25) is 15.9 Å². The summed E-state index contributed by atoms with van der Waals surface area (Å²) in [7, 11) is -1.65. The molecule has 0 atom stereocenters. The highest BCUT2D eigenvalue weighted by Crippen LogP contribution is 1.84. The van der Waals surface area contributed by atoms with Crippen LogP contribution in [0.25, 0.3) is 0 Å². The van der Waals surface area contributed by atoms with Crippen LogP contribution in [0.5, 0.6) is 0 Å². The summed E-state index contributed by atoms with van der Waals surface area (Å²) in [6, 6.07) is 0. The molecule has 15 heavy (non-hydrogen) atoms. The van der Waals surface area contributed by atoms with Crippen LogP contribution in [0.1, 0.15) is 13.3 Å². The van der Waals surface area contributed by atoms with Gasteiger partial charge in [0, 0.05) is 26.6 Å². The molecule has 0 aromatic heterocycles. The first-order valence-corrected chi connectivity index (χ1v) is 6.40. The van der Waals surface area contributed by atoms with Gasteiger partial charge >= 0.3 is 0 Å². The average Bonchev–Trinajstić information content (AvgIpc) is 2.18. The maximum atomic E-state index is 11.1. The van der Waals surface area contributed by atoms with Crippen LogP contribution in [0.2, 0.25) is 0 Å². The molecule has 0 aliphatic carbocycles. The number of amides is 1. The summed E-state index contributed by atoms with van der Waals surface area (Å²) in [4.78, 5) is 11.1. The molecule has 0 aliphatic rings. The van der Waals surface area contributed by atoms with Gasteiger partial charge in [-0.1, -0.05) is 0 Å². The lowest BCUT2D eigenvalue weighted by atomic mass is 10.4. The number of hydrogen-bond donors (Lipinski definition) is 2. The summed E-state index contributed by atoms with van der Waals surface area (Å²) < 4.78 is 29.0. The van der Waals surface area contributed by atoms with Crippen LogP contribution in [-0.2, 0) is 19.6 Å². The Bertz CT molecular complexity index is 276. The van der Waals surface area contributed by atoms with Crippen molar-refractivity contribution >= 4 is 15.9 Å². The third-order valence-electron chi connectivity index (χ3n) is 1.68. The molecule has 0 radical (unpaired) electrons. The van der Waals surface area contributed by atoms with Crippen LogP contribution in [0.4, 0.5) is 0 Å². The Labute approximate surface area is 90.4 Å². The summed E-state index contributed by atoms with van der Waals surface area (Å²) in [6.45, 7) is 2.57. The van der Waals surface area contributed by atoms with E-state index < -0.39 is 10.0 Å². The molecule has 1 amide bonds. The Morgan fingerprint density at radius 1 is 1.33 bits per heavy atom. The molecule has 0 bridgehead atoms. The zero-order valence-electron chi connectivity index (χ0n) is 9.08. The molecule has 6 nitrogen and oxygen atoms in total. The maximum absolute atomic E-state index is 11.1. The molecule has 0 rings (SSSR count). The summed E-state index contributed by atoms with van der Waals surface area (Å²) in [5, 5.41) is 2.59. The topological polar surface area (TPSA) is 84.5 Å². The van der Waals surface area contributed by atoms with Crippen molar-refractivity contribution in [3.63, 3.8) is 0 Å². The SMILES string of the molecule is CCS(=O)(=O)NCCC(=O)NCCOC. The van der Waals surface area contributed by atoms with Crippen LogP contribution >= 0.6 is 0 Å². The van der Waals surface area contributed by atoms with E-state index in [4.69, 9.17) is 4.74 Å². The van der Waals surface area contributed by atoms with Gasteiger partial charge in [0.15, 0.2) is 0 Å². The largest absolute Gasteiger partial charge is 0.383 e. The molecule has 0 aromatic rings. The number of hydrogen-bond acceptors (Lipinski definition) is 4. The standard InChI is InChI=1S/C8H18N2O4S/c1-3-15(12,13)10-5-4-8(11)9-6-7-14-2/h10H,3-7H2,1-2H3,(H,9,11). The Kier molecular flexibility index (Phi) is 7.27. The third kappa shape index (κ3) is 8.34. The van der Waals surface area contributed by atoms with Crippen LogP contribution in [0.15, 0.2) is 0 Å². The lowest BCUT2D eigenvalue weighted by Crippen LogP contribution is -2.32. The summed E-state index contributed by atoms with van der Waals surface area (Å²) in [5.74, 6) is -0.163. The smallest absolute Gasteiger partial charge is 0.221 e. The molecular weight excluding hydrogens is 220 g/mol. The number of nitrogens with one attached hydrogen (secondary N) is 2. The van der Waals surface area contributed by atoms with Crippen molar-refractivity contribution in [2.24, 2.45) is 0 Å². The van der Waals surface area contributed by atoms with Gasteiger partial charge in [-0.05, 0) is 6.92 Å². The summed E-state index contributed by atoms with van der Waals surface area (Å²) in [6.07, 6.45) is 0.142. The molecule has 90 valence electrons. The molecule has 0 heterocycles. The second-order valence-corrected chi connectivity index (χ2v) is 4.99. The van der Waals surface area contributed by atoms with Crippen molar-refractivity contribution < 1.29 is 17.9 Å². The van der Waals surface area contributed by atoms with Gasteiger partial charge in [0.1, 0.15) is 0 Å². The Hall–Kier alpha value is -0.660. The number of carbonyl (C=O) groups is 1. The molecule has 0 unspecified atom stereocenters. The lowest BCUT2D eigenvalue weighted by Gasteiger charge is -2.05. The average molecular weight is 238 g/mol. The van der Waals surface area contributed by atoms with E-state index in [1.807, 2.05) is 0 Å². The third-order valence-corrected chi connectivity index (χ3v) is 3.09. The van der Waals surface area contributed by atoms with E-state index in [2.05, 4.69) is 10.0 Å². The van der Waals surface area contributed by atoms with Gasteiger partial charge in [-0.3, -0.25) is 4.79 Å². The Morgan fingerprint density at radius 2 is 2.00 bits per heavy atom. The molecule has 0 aromatic carbocycles. The fourth-order valence-corrected chi connectivity index (χ4v) is 1.42. The van der Waals surface area contributed by atoms with Crippen LogP contribution in [-0.4, -0.2) is 46.9 Å². The first-order chi connectivity index (χ1) is 7.02. The lowest BCUT2D eigenvalue weighted by molar-refractivity contribution is -0.121. The van der Waals surface area contributed by atoms with Crippen molar-refractivity contribution in [2.45, 2.75) is 13.3 Å². The van der Waals surface area contributed by atoms with Gasteiger partial charge in [-0.2, -0.15) is 0 Å². The van der Waals surface area contributed by atoms with E-state index in [1.54, 1.807) is 14.0 Å². The number of rotatable bonds is 8. The van der Waals surface area contributed by atoms with E-state index in [0.717, 1.165) is 0 Å². The predicted molar refractivity (Wildman–Crippen MR) is 57.0 cm³/mol. The number of sulfonamides is 1. The molecule has 2 N–H and O–H groups in total. The minimum Gasteiger partial charge on any atom is -0.383 e. The maximum Gasteiger partial charge on any atom is 0.221 e.